The lowest BCUT2D eigenvalue weighted by Crippen LogP contribution is -2.37. The Morgan fingerprint density at radius 1 is 0.826 bits per heavy atom. The van der Waals surface area contributed by atoms with E-state index in [-0.39, 0.29) is 35.0 Å². The molecule has 0 unspecified atom stereocenters. The minimum Gasteiger partial charge on any atom is -0.462 e. The van der Waals surface area contributed by atoms with Crippen molar-refractivity contribution < 1.29 is 27.8 Å². The maximum atomic E-state index is 13.6. The number of nitrogens with two attached hydrogens (primary N) is 1. The number of rotatable bonds is 8. The SMILES string of the molecule is CCOC(=O)C1=c2oc(=O)/c(=C\c3ccc(Oc4ccccc4)cc3)n2-c2oc(N)nc2[C@H]1c1ccc(Oc2ccccc2)cc1. The molecule has 10 heteroatoms. The third kappa shape index (κ3) is 5.43. The number of esters is 1. The summed E-state index contributed by atoms with van der Waals surface area (Å²) in [5, 5.41) is 0.107. The fourth-order valence-corrected chi connectivity index (χ4v) is 5.34. The molecule has 0 saturated carbocycles. The van der Waals surface area contributed by atoms with Gasteiger partial charge in [0.2, 0.25) is 11.4 Å². The van der Waals surface area contributed by atoms with Crippen molar-refractivity contribution in [2.24, 2.45) is 0 Å². The van der Waals surface area contributed by atoms with Gasteiger partial charge in [-0.1, -0.05) is 60.7 Å². The van der Waals surface area contributed by atoms with E-state index in [4.69, 9.17) is 28.8 Å². The molecule has 1 atom stereocenters. The molecule has 1 aliphatic rings. The van der Waals surface area contributed by atoms with Crippen molar-refractivity contribution in [1.29, 1.82) is 0 Å². The zero-order valence-corrected chi connectivity index (χ0v) is 24.6. The summed E-state index contributed by atoms with van der Waals surface area (Å²) in [4.78, 5) is 31.4. The average Bonchev–Trinajstić information content (AvgIpc) is 3.61. The molecule has 4 aromatic carbocycles. The van der Waals surface area contributed by atoms with Crippen molar-refractivity contribution >= 4 is 23.6 Å². The van der Waals surface area contributed by atoms with Crippen LogP contribution >= 0.6 is 0 Å². The van der Waals surface area contributed by atoms with Crippen molar-refractivity contribution in [1.82, 2.24) is 9.55 Å². The first-order valence-electron chi connectivity index (χ1n) is 14.6. The summed E-state index contributed by atoms with van der Waals surface area (Å²) in [5.74, 6) is 1.28. The number of carbonyl (C=O) groups excluding carboxylic acids is 1. The third-order valence-electron chi connectivity index (χ3n) is 7.34. The average molecular weight is 614 g/mol. The molecular formula is C36H27N3O7. The van der Waals surface area contributed by atoms with Crippen LogP contribution in [0.1, 0.15) is 29.7 Å². The number of benzene rings is 4. The summed E-state index contributed by atoms with van der Waals surface area (Å²) in [6, 6.07) is 33.0. The number of ether oxygens (including phenoxy) is 3. The van der Waals surface area contributed by atoms with Crippen LogP contribution in [0.5, 0.6) is 23.0 Å². The quantitative estimate of drug-likeness (QED) is 0.228. The largest absolute Gasteiger partial charge is 0.462 e. The van der Waals surface area contributed by atoms with E-state index in [1.165, 1.54) is 4.57 Å². The van der Waals surface area contributed by atoms with Gasteiger partial charge in [-0.2, -0.15) is 4.98 Å². The predicted molar refractivity (Wildman–Crippen MR) is 169 cm³/mol. The molecule has 2 N–H and O–H groups in total. The molecule has 1 aliphatic heterocycles. The van der Waals surface area contributed by atoms with Crippen LogP contribution in [0.2, 0.25) is 0 Å². The van der Waals surface area contributed by atoms with Crippen molar-refractivity contribution in [2.45, 2.75) is 12.8 Å². The van der Waals surface area contributed by atoms with Crippen molar-refractivity contribution in [3.63, 3.8) is 0 Å². The highest BCUT2D eigenvalue weighted by molar-refractivity contribution is 6.12. The van der Waals surface area contributed by atoms with Gasteiger partial charge in [-0.15, -0.1) is 0 Å². The van der Waals surface area contributed by atoms with Gasteiger partial charge in [-0.25, -0.2) is 14.2 Å². The van der Waals surface area contributed by atoms with Gasteiger partial charge in [0.05, 0.1) is 12.5 Å². The molecule has 6 aromatic rings. The Morgan fingerprint density at radius 3 is 1.98 bits per heavy atom. The molecule has 0 bridgehead atoms. The molecule has 0 amide bonds. The lowest BCUT2D eigenvalue weighted by atomic mass is 9.87. The first kappa shape index (κ1) is 28.5. The Balaban J connectivity index is 1.34. The number of hydrogen-bond donors (Lipinski definition) is 1. The fraction of sp³-hybridized carbons (Fsp3) is 0.0833. The van der Waals surface area contributed by atoms with E-state index in [0.29, 0.717) is 39.8 Å². The second kappa shape index (κ2) is 12.0. The summed E-state index contributed by atoms with van der Waals surface area (Å²) in [6.07, 6.45) is 1.63. The predicted octanol–water partition coefficient (Wildman–Crippen LogP) is 5.27. The standard InChI is InChI=1S/C36H27N3O7/c1-2-42-35(41)30-29(23-15-19-27(20-16-23)44-25-11-7-4-8-12-25)31-33(46-36(37)38-31)39-28(34(40)45-32(30)39)21-22-13-17-26(18-14-22)43-24-9-5-3-6-10-24/h3-21,29H,2H2,1H3,(H2,37,38)/b28-21+/t29-/m0/s1. The third-order valence-corrected chi connectivity index (χ3v) is 7.34. The summed E-state index contributed by atoms with van der Waals surface area (Å²) in [6.45, 7) is 1.80. The van der Waals surface area contributed by atoms with Gasteiger partial charge in [-0.3, -0.25) is 0 Å². The number of anilines is 1. The van der Waals surface area contributed by atoms with E-state index < -0.39 is 17.5 Å². The molecule has 0 spiro atoms. The number of oxazole rings is 2. The number of nitrogen functional groups attached to an aromatic ring is 1. The van der Waals surface area contributed by atoms with Crippen LogP contribution in [-0.4, -0.2) is 22.1 Å². The Kier molecular flexibility index (Phi) is 7.43. The molecule has 10 nitrogen and oxygen atoms in total. The summed E-state index contributed by atoms with van der Waals surface area (Å²) in [7, 11) is 0. The highest BCUT2D eigenvalue weighted by Crippen LogP contribution is 2.39. The van der Waals surface area contributed by atoms with Gasteiger partial charge in [-0.05, 0) is 72.7 Å². The number of para-hydroxylation sites is 2. The Hall–Kier alpha value is -6.29. The molecule has 0 aliphatic carbocycles. The Morgan fingerprint density at radius 2 is 1.39 bits per heavy atom. The summed E-state index contributed by atoms with van der Waals surface area (Å²) in [5.41, 5.74) is 7.10. The zero-order chi connectivity index (χ0) is 31.6. The minimum absolute atomic E-state index is 0.0306. The second-order valence-electron chi connectivity index (χ2n) is 10.3. The zero-order valence-electron chi connectivity index (χ0n) is 24.6. The van der Waals surface area contributed by atoms with Gasteiger partial charge in [0.25, 0.3) is 6.01 Å². The van der Waals surface area contributed by atoms with E-state index in [1.807, 2.05) is 60.7 Å². The fourth-order valence-electron chi connectivity index (χ4n) is 5.34. The van der Waals surface area contributed by atoms with Gasteiger partial charge < -0.3 is 28.8 Å². The van der Waals surface area contributed by atoms with Crippen molar-refractivity contribution in [3.8, 4) is 28.9 Å². The minimum atomic E-state index is -0.811. The maximum Gasteiger partial charge on any atom is 0.362 e. The highest BCUT2D eigenvalue weighted by atomic mass is 16.5. The molecule has 2 aromatic heterocycles. The van der Waals surface area contributed by atoms with Gasteiger partial charge in [0.1, 0.15) is 39.6 Å². The molecule has 228 valence electrons. The first-order valence-corrected chi connectivity index (χ1v) is 14.6. The lowest BCUT2D eigenvalue weighted by molar-refractivity contribution is -0.136. The van der Waals surface area contributed by atoms with Gasteiger partial charge in [0.15, 0.2) is 0 Å². The van der Waals surface area contributed by atoms with E-state index in [9.17, 15) is 9.59 Å². The molecule has 7 rings (SSSR count). The van der Waals surface area contributed by atoms with Crippen LogP contribution in [0, 0.1) is 0 Å². The molecular weight excluding hydrogens is 586 g/mol. The number of nitrogens with zero attached hydrogens (tertiary/aromatic N) is 2. The number of hydrogen-bond acceptors (Lipinski definition) is 9. The van der Waals surface area contributed by atoms with E-state index in [1.54, 1.807) is 61.5 Å². The molecule has 0 saturated heterocycles. The highest BCUT2D eigenvalue weighted by Gasteiger charge is 2.39. The van der Waals surface area contributed by atoms with E-state index >= 15 is 0 Å². The topological polar surface area (TPSA) is 132 Å². The Labute approximate surface area is 262 Å². The van der Waals surface area contributed by atoms with Gasteiger partial charge in [0, 0.05) is 0 Å². The monoisotopic (exact) mass is 613 g/mol. The van der Waals surface area contributed by atoms with E-state index in [0.717, 1.165) is 0 Å². The smallest absolute Gasteiger partial charge is 0.362 e. The van der Waals surface area contributed by atoms with Gasteiger partial charge >= 0.3 is 11.6 Å². The Bertz CT molecular complexity index is 2200. The molecule has 0 radical (unpaired) electrons. The number of fused-ring (bicyclic) bond motifs is 3. The molecule has 3 heterocycles. The number of aromatic nitrogens is 2. The summed E-state index contributed by atoms with van der Waals surface area (Å²) >= 11 is 0. The van der Waals surface area contributed by atoms with Crippen LogP contribution in [0.25, 0.3) is 17.5 Å². The van der Waals surface area contributed by atoms with E-state index in [2.05, 4.69) is 4.98 Å². The van der Waals surface area contributed by atoms with Crippen LogP contribution in [-0.2, 0) is 9.53 Å². The second-order valence-corrected chi connectivity index (χ2v) is 10.3. The number of carbonyl (C=O) groups is 1. The van der Waals surface area contributed by atoms with Crippen LogP contribution in [0.3, 0.4) is 0 Å². The maximum absolute atomic E-state index is 13.6. The lowest BCUT2D eigenvalue weighted by Gasteiger charge is -2.22. The van der Waals surface area contributed by atoms with Crippen LogP contribution in [0.4, 0.5) is 6.01 Å². The molecule has 46 heavy (non-hydrogen) atoms. The normalized spacial score (nSPS) is 14.0. The van der Waals surface area contributed by atoms with Crippen LogP contribution < -0.4 is 31.7 Å². The van der Waals surface area contributed by atoms with Crippen molar-refractivity contribution in [3.05, 3.63) is 147 Å². The first-order chi connectivity index (χ1) is 22.5. The molecule has 0 fully saturated rings. The van der Waals surface area contributed by atoms with Crippen molar-refractivity contribution in [2.75, 3.05) is 12.3 Å². The van der Waals surface area contributed by atoms with Crippen LogP contribution in [0.15, 0.2) is 123 Å². The summed E-state index contributed by atoms with van der Waals surface area (Å²) < 4.78 is 30.3.